The summed E-state index contributed by atoms with van der Waals surface area (Å²) in [6.07, 6.45) is 4.36. The fourth-order valence-corrected chi connectivity index (χ4v) is 2.99. The van der Waals surface area contributed by atoms with Crippen LogP contribution in [0.5, 0.6) is 0 Å². The van der Waals surface area contributed by atoms with Gasteiger partial charge in [0, 0.05) is 19.7 Å². The molecule has 6 nitrogen and oxygen atoms in total. The van der Waals surface area contributed by atoms with Crippen molar-refractivity contribution in [2.24, 2.45) is 5.92 Å². The summed E-state index contributed by atoms with van der Waals surface area (Å²) < 4.78 is 5.63. The molecule has 0 bridgehead atoms. The van der Waals surface area contributed by atoms with Gasteiger partial charge in [-0.05, 0) is 32.1 Å². The van der Waals surface area contributed by atoms with Gasteiger partial charge < -0.3 is 20.1 Å². The van der Waals surface area contributed by atoms with Gasteiger partial charge in [0.1, 0.15) is 0 Å². The molecule has 114 valence electrons. The molecular formula is C14H24N2O4. The van der Waals surface area contributed by atoms with Crippen LogP contribution in [0.15, 0.2) is 0 Å². The van der Waals surface area contributed by atoms with Gasteiger partial charge >= 0.3 is 12.0 Å². The molecule has 2 heterocycles. The van der Waals surface area contributed by atoms with Crippen LogP contribution in [0.2, 0.25) is 0 Å². The van der Waals surface area contributed by atoms with Crippen LogP contribution >= 0.6 is 0 Å². The first-order valence-electron chi connectivity index (χ1n) is 7.51. The number of piperidine rings is 1. The molecule has 0 aromatic rings. The fourth-order valence-electron chi connectivity index (χ4n) is 2.99. The average Bonchev–Trinajstić information content (AvgIpc) is 2.98. The molecule has 2 fully saturated rings. The molecule has 2 aliphatic rings. The lowest BCUT2D eigenvalue weighted by Crippen LogP contribution is -2.52. The third-order valence-corrected chi connectivity index (χ3v) is 4.22. The second-order valence-corrected chi connectivity index (χ2v) is 5.64. The molecule has 2 rings (SSSR count). The molecular weight excluding hydrogens is 260 g/mol. The third kappa shape index (κ3) is 3.62. The molecule has 20 heavy (non-hydrogen) atoms. The smallest absolute Gasteiger partial charge is 0.317 e. The molecule has 0 radical (unpaired) electrons. The minimum absolute atomic E-state index is 0.0233. The molecule has 2 saturated heterocycles. The SMILES string of the molecule is CCC(NC(=O)N1CCCC(C(=O)O)C1)C1CCCO1. The molecule has 2 amide bonds. The number of amides is 2. The van der Waals surface area contributed by atoms with Gasteiger partial charge in [-0.3, -0.25) is 4.79 Å². The zero-order valence-corrected chi connectivity index (χ0v) is 12.0. The highest BCUT2D eigenvalue weighted by Crippen LogP contribution is 2.20. The number of nitrogens with zero attached hydrogens (tertiary/aromatic N) is 1. The Bertz CT molecular complexity index is 355. The number of nitrogens with one attached hydrogen (secondary N) is 1. The molecule has 0 saturated carbocycles. The average molecular weight is 284 g/mol. The van der Waals surface area contributed by atoms with E-state index in [0.29, 0.717) is 19.5 Å². The normalized spacial score (nSPS) is 28.1. The summed E-state index contributed by atoms with van der Waals surface area (Å²) >= 11 is 0. The monoisotopic (exact) mass is 284 g/mol. The summed E-state index contributed by atoms with van der Waals surface area (Å²) in [5.41, 5.74) is 0. The van der Waals surface area contributed by atoms with Gasteiger partial charge in [-0.2, -0.15) is 0 Å². The van der Waals surface area contributed by atoms with Crippen LogP contribution in [0.25, 0.3) is 0 Å². The number of carboxylic acid groups (broad SMARTS) is 1. The minimum Gasteiger partial charge on any atom is -0.481 e. The molecule has 0 spiro atoms. The lowest BCUT2D eigenvalue weighted by molar-refractivity contribution is -0.143. The standard InChI is InChI=1S/C14H24N2O4/c1-2-11(12-6-4-8-20-12)15-14(19)16-7-3-5-10(9-16)13(17)18/h10-12H,2-9H2,1H3,(H,15,19)(H,17,18). The van der Waals surface area contributed by atoms with Crippen molar-refractivity contribution < 1.29 is 19.4 Å². The maximum Gasteiger partial charge on any atom is 0.317 e. The van der Waals surface area contributed by atoms with E-state index in [-0.39, 0.29) is 18.2 Å². The summed E-state index contributed by atoms with van der Waals surface area (Å²) in [4.78, 5) is 24.9. The Balaban J connectivity index is 1.87. The van der Waals surface area contributed by atoms with E-state index in [0.717, 1.165) is 32.3 Å². The Kier molecular flexibility index (Phi) is 5.23. The van der Waals surface area contributed by atoms with Gasteiger partial charge in [-0.1, -0.05) is 6.92 Å². The van der Waals surface area contributed by atoms with E-state index >= 15 is 0 Å². The molecule has 0 aromatic heterocycles. The van der Waals surface area contributed by atoms with Gasteiger partial charge in [0.15, 0.2) is 0 Å². The Morgan fingerprint density at radius 2 is 2.20 bits per heavy atom. The van der Waals surface area contributed by atoms with Gasteiger partial charge in [0.25, 0.3) is 0 Å². The molecule has 3 unspecified atom stereocenters. The Labute approximate surface area is 119 Å². The largest absolute Gasteiger partial charge is 0.481 e. The molecule has 0 aromatic carbocycles. The molecule has 6 heteroatoms. The lowest BCUT2D eigenvalue weighted by atomic mass is 9.98. The van der Waals surface area contributed by atoms with Gasteiger partial charge in [-0.25, -0.2) is 4.79 Å². The van der Waals surface area contributed by atoms with Crippen molar-refractivity contribution in [2.75, 3.05) is 19.7 Å². The number of rotatable bonds is 4. The second-order valence-electron chi connectivity index (χ2n) is 5.64. The zero-order valence-electron chi connectivity index (χ0n) is 12.0. The summed E-state index contributed by atoms with van der Waals surface area (Å²) in [5.74, 6) is -1.24. The topological polar surface area (TPSA) is 78.9 Å². The van der Waals surface area contributed by atoms with E-state index in [4.69, 9.17) is 9.84 Å². The van der Waals surface area contributed by atoms with Crippen molar-refractivity contribution in [1.82, 2.24) is 10.2 Å². The number of ether oxygens (including phenoxy) is 1. The Morgan fingerprint density at radius 3 is 2.80 bits per heavy atom. The van der Waals surface area contributed by atoms with E-state index in [1.54, 1.807) is 4.90 Å². The van der Waals surface area contributed by atoms with Crippen LogP contribution < -0.4 is 5.32 Å². The Morgan fingerprint density at radius 1 is 1.40 bits per heavy atom. The molecule has 3 atom stereocenters. The van der Waals surface area contributed by atoms with Crippen LogP contribution in [-0.4, -0.2) is 53.8 Å². The van der Waals surface area contributed by atoms with Crippen LogP contribution in [0.3, 0.4) is 0 Å². The quantitative estimate of drug-likeness (QED) is 0.819. The zero-order chi connectivity index (χ0) is 14.5. The maximum absolute atomic E-state index is 12.3. The Hall–Kier alpha value is -1.30. The van der Waals surface area contributed by atoms with Crippen molar-refractivity contribution in [2.45, 2.75) is 51.2 Å². The third-order valence-electron chi connectivity index (χ3n) is 4.22. The van der Waals surface area contributed by atoms with E-state index in [2.05, 4.69) is 5.32 Å². The number of carboxylic acids is 1. The maximum atomic E-state index is 12.3. The minimum atomic E-state index is -0.811. The highest BCUT2D eigenvalue weighted by molar-refractivity contribution is 5.76. The van der Waals surface area contributed by atoms with Gasteiger partial charge in [-0.15, -0.1) is 0 Å². The number of hydrogen-bond donors (Lipinski definition) is 2. The van der Waals surface area contributed by atoms with Gasteiger partial charge in [0.2, 0.25) is 0 Å². The van der Waals surface area contributed by atoms with E-state index in [9.17, 15) is 9.59 Å². The van der Waals surface area contributed by atoms with E-state index in [1.807, 2.05) is 6.92 Å². The highest BCUT2D eigenvalue weighted by Gasteiger charge is 2.31. The highest BCUT2D eigenvalue weighted by atomic mass is 16.5. The summed E-state index contributed by atoms with van der Waals surface area (Å²) in [6.45, 7) is 3.74. The van der Waals surface area contributed by atoms with Crippen molar-refractivity contribution in [3.05, 3.63) is 0 Å². The van der Waals surface area contributed by atoms with Crippen LogP contribution in [0.1, 0.15) is 39.0 Å². The fraction of sp³-hybridized carbons (Fsp3) is 0.857. The first kappa shape index (κ1) is 15.1. The van der Waals surface area contributed by atoms with Gasteiger partial charge in [0.05, 0.1) is 18.1 Å². The van der Waals surface area contributed by atoms with Crippen LogP contribution in [0.4, 0.5) is 4.79 Å². The van der Waals surface area contributed by atoms with Crippen molar-refractivity contribution in [3.8, 4) is 0 Å². The summed E-state index contributed by atoms with van der Waals surface area (Å²) in [5, 5.41) is 12.1. The predicted molar refractivity (Wildman–Crippen MR) is 73.5 cm³/mol. The first-order chi connectivity index (χ1) is 9.61. The summed E-state index contributed by atoms with van der Waals surface area (Å²) in [6, 6.07) is -0.131. The van der Waals surface area contributed by atoms with Crippen LogP contribution in [-0.2, 0) is 9.53 Å². The number of carbonyl (C=O) groups is 2. The second kappa shape index (κ2) is 6.92. The molecule has 0 aliphatic carbocycles. The number of carbonyl (C=O) groups excluding carboxylic acids is 1. The molecule has 2 aliphatic heterocycles. The number of urea groups is 1. The van der Waals surface area contributed by atoms with E-state index in [1.165, 1.54) is 0 Å². The first-order valence-corrected chi connectivity index (χ1v) is 7.51. The van der Waals surface area contributed by atoms with Crippen molar-refractivity contribution in [3.63, 3.8) is 0 Å². The molecule has 2 N–H and O–H groups in total. The summed E-state index contributed by atoms with van der Waals surface area (Å²) in [7, 11) is 0. The number of hydrogen-bond acceptors (Lipinski definition) is 3. The van der Waals surface area contributed by atoms with E-state index < -0.39 is 11.9 Å². The van der Waals surface area contributed by atoms with Crippen LogP contribution in [0, 0.1) is 5.92 Å². The number of aliphatic carboxylic acids is 1. The predicted octanol–water partition coefficient (Wildman–Crippen LogP) is 1.45. The van der Waals surface area contributed by atoms with Crippen molar-refractivity contribution in [1.29, 1.82) is 0 Å². The number of likely N-dealkylation sites (tertiary alicyclic amines) is 1. The van der Waals surface area contributed by atoms with Crippen molar-refractivity contribution >= 4 is 12.0 Å². The lowest BCUT2D eigenvalue weighted by Gasteiger charge is -2.33.